The molecule has 0 aliphatic carbocycles. The van der Waals surface area contributed by atoms with Crippen molar-refractivity contribution in [2.24, 2.45) is 0 Å². The Morgan fingerprint density at radius 1 is 1.65 bits per heavy atom. The fourth-order valence-electron chi connectivity index (χ4n) is 1.67. The van der Waals surface area contributed by atoms with Crippen molar-refractivity contribution in [1.82, 2.24) is 10.3 Å². The van der Waals surface area contributed by atoms with Crippen LogP contribution in [0.15, 0.2) is 11.6 Å². The molecule has 6 heteroatoms. The van der Waals surface area contributed by atoms with Crippen molar-refractivity contribution in [2.45, 2.75) is 12.8 Å². The third kappa shape index (κ3) is 3.43. The van der Waals surface area contributed by atoms with Crippen LogP contribution in [0.1, 0.15) is 17.7 Å². The summed E-state index contributed by atoms with van der Waals surface area (Å²) in [5, 5.41) is 16.2. The molecule has 2 N–H and O–H groups in total. The Morgan fingerprint density at radius 2 is 2.53 bits per heavy atom. The van der Waals surface area contributed by atoms with E-state index < -0.39 is 0 Å². The SMILES string of the molecule is N#Cc1sc(NCCC2=CCNCC2)nc1Cl. The molecule has 1 aromatic heterocycles. The molecule has 0 atom stereocenters. The summed E-state index contributed by atoms with van der Waals surface area (Å²) < 4.78 is 0. The first-order valence-electron chi connectivity index (χ1n) is 5.48. The van der Waals surface area contributed by atoms with Gasteiger partial charge in [-0.15, -0.1) is 0 Å². The topological polar surface area (TPSA) is 60.7 Å². The molecule has 0 saturated carbocycles. The van der Waals surface area contributed by atoms with E-state index in [0.29, 0.717) is 10.0 Å². The van der Waals surface area contributed by atoms with Crippen molar-refractivity contribution in [2.75, 3.05) is 25.0 Å². The molecule has 0 saturated heterocycles. The van der Waals surface area contributed by atoms with Gasteiger partial charge in [0.2, 0.25) is 0 Å². The fourth-order valence-corrected chi connectivity index (χ4v) is 2.65. The molecule has 0 fully saturated rings. The van der Waals surface area contributed by atoms with Gasteiger partial charge < -0.3 is 10.6 Å². The minimum atomic E-state index is 0.293. The monoisotopic (exact) mass is 268 g/mol. The molecule has 17 heavy (non-hydrogen) atoms. The zero-order valence-corrected chi connectivity index (χ0v) is 10.9. The van der Waals surface area contributed by atoms with Gasteiger partial charge in [-0.3, -0.25) is 0 Å². The molecule has 4 nitrogen and oxygen atoms in total. The van der Waals surface area contributed by atoms with Gasteiger partial charge in [0.15, 0.2) is 10.3 Å². The number of nitrogens with one attached hydrogen (secondary N) is 2. The summed E-state index contributed by atoms with van der Waals surface area (Å²) in [5.41, 5.74) is 1.47. The van der Waals surface area contributed by atoms with Crippen molar-refractivity contribution in [3.63, 3.8) is 0 Å². The van der Waals surface area contributed by atoms with Crippen molar-refractivity contribution in [1.29, 1.82) is 5.26 Å². The Kier molecular flexibility index (Phi) is 4.37. The van der Waals surface area contributed by atoms with Crippen LogP contribution in [0.3, 0.4) is 0 Å². The maximum atomic E-state index is 8.75. The van der Waals surface area contributed by atoms with Gasteiger partial charge in [-0.25, -0.2) is 4.98 Å². The smallest absolute Gasteiger partial charge is 0.185 e. The predicted molar refractivity (Wildman–Crippen MR) is 70.5 cm³/mol. The average Bonchev–Trinajstić information content (AvgIpc) is 2.71. The second-order valence-corrected chi connectivity index (χ2v) is 5.10. The van der Waals surface area contributed by atoms with Crippen molar-refractivity contribution >= 4 is 28.1 Å². The Labute approximate surface area is 109 Å². The van der Waals surface area contributed by atoms with Gasteiger partial charge in [-0.05, 0) is 19.4 Å². The minimum absolute atomic E-state index is 0.293. The van der Waals surface area contributed by atoms with Crippen LogP contribution >= 0.6 is 22.9 Å². The predicted octanol–water partition coefficient (Wildman–Crippen LogP) is 2.39. The first-order chi connectivity index (χ1) is 8.29. The number of aromatic nitrogens is 1. The summed E-state index contributed by atoms with van der Waals surface area (Å²) in [6.45, 7) is 2.87. The lowest BCUT2D eigenvalue weighted by molar-refractivity contribution is 0.683. The van der Waals surface area contributed by atoms with Crippen LogP contribution in [-0.2, 0) is 0 Å². The summed E-state index contributed by atoms with van der Waals surface area (Å²) in [7, 11) is 0. The third-order valence-corrected chi connectivity index (χ3v) is 3.87. The quantitative estimate of drug-likeness (QED) is 0.823. The number of rotatable bonds is 4. The number of hydrogen-bond acceptors (Lipinski definition) is 5. The van der Waals surface area contributed by atoms with Crippen LogP contribution in [0.4, 0.5) is 5.13 Å². The van der Waals surface area contributed by atoms with Crippen LogP contribution < -0.4 is 10.6 Å². The molecular formula is C11H13ClN4S. The molecule has 2 rings (SSSR count). The highest BCUT2D eigenvalue weighted by Crippen LogP contribution is 2.25. The number of nitrogens with zero attached hydrogens (tertiary/aromatic N) is 2. The van der Waals surface area contributed by atoms with Crippen LogP contribution in [0.25, 0.3) is 0 Å². The number of nitriles is 1. The summed E-state index contributed by atoms with van der Waals surface area (Å²) in [4.78, 5) is 4.55. The number of halogens is 1. The molecule has 0 radical (unpaired) electrons. The Balaban J connectivity index is 1.81. The van der Waals surface area contributed by atoms with E-state index in [1.165, 1.54) is 16.9 Å². The standard InChI is InChI=1S/C11H13ClN4S/c12-10-9(7-13)17-11(16-10)15-6-3-8-1-4-14-5-2-8/h1,14H,2-6H2,(H,15,16). The van der Waals surface area contributed by atoms with E-state index in [1.807, 2.05) is 6.07 Å². The summed E-state index contributed by atoms with van der Waals surface area (Å²) >= 11 is 7.09. The highest BCUT2D eigenvalue weighted by Gasteiger charge is 2.08. The lowest BCUT2D eigenvalue weighted by Crippen LogP contribution is -2.21. The molecule has 0 amide bonds. The zero-order valence-electron chi connectivity index (χ0n) is 9.29. The summed E-state index contributed by atoms with van der Waals surface area (Å²) in [5.74, 6) is 0. The first kappa shape index (κ1) is 12.4. The normalized spacial score (nSPS) is 15.2. The van der Waals surface area contributed by atoms with Crippen LogP contribution in [-0.4, -0.2) is 24.6 Å². The van der Waals surface area contributed by atoms with Gasteiger partial charge in [-0.1, -0.05) is 34.6 Å². The largest absolute Gasteiger partial charge is 0.361 e. The maximum Gasteiger partial charge on any atom is 0.185 e. The van der Waals surface area contributed by atoms with E-state index in [4.69, 9.17) is 16.9 Å². The Morgan fingerprint density at radius 3 is 3.18 bits per heavy atom. The summed E-state index contributed by atoms with van der Waals surface area (Å²) in [6, 6.07) is 2.02. The van der Waals surface area contributed by atoms with E-state index in [0.717, 1.165) is 37.6 Å². The van der Waals surface area contributed by atoms with Crippen molar-refractivity contribution < 1.29 is 0 Å². The van der Waals surface area contributed by atoms with Gasteiger partial charge in [-0.2, -0.15) is 5.26 Å². The highest BCUT2D eigenvalue weighted by atomic mass is 35.5. The molecule has 1 aromatic rings. The van der Waals surface area contributed by atoms with E-state index in [1.54, 1.807) is 0 Å². The Hall–Kier alpha value is -1.09. The Bertz CT molecular complexity index is 461. The maximum absolute atomic E-state index is 8.75. The van der Waals surface area contributed by atoms with Gasteiger partial charge in [0.05, 0.1) is 0 Å². The first-order valence-corrected chi connectivity index (χ1v) is 6.68. The molecule has 0 spiro atoms. The number of thiazole rings is 1. The fraction of sp³-hybridized carbons (Fsp3) is 0.455. The van der Waals surface area contributed by atoms with E-state index in [2.05, 4.69) is 21.7 Å². The molecule has 0 aromatic carbocycles. The molecule has 90 valence electrons. The van der Waals surface area contributed by atoms with Crippen LogP contribution in [0, 0.1) is 11.3 Å². The molecule has 1 aliphatic rings. The van der Waals surface area contributed by atoms with Crippen LogP contribution in [0.2, 0.25) is 5.15 Å². The van der Waals surface area contributed by atoms with E-state index in [-0.39, 0.29) is 0 Å². The third-order valence-electron chi connectivity index (χ3n) is 2.57. The molecular weight excluding hydrogens is 256 g/mol. The lowest BCUT2D eigenvalue weighted by Gasteiger charge is -2.13. The minimum Gasteiger partial charge on any atom is -0.361 e. The summed E-state index contributed by atoms with van der Waals surface area (Å²) in [6.07, 6.45) is 4.37. The van der Waals surface area contributed by atoms with E-state index >= 15 is 0 Å². The van der Waals surface area contributed by atoms with Gasteiger partial charge >= 0.3 is 0 Å². The van der Waals surface area contributed by atoms with E-state index in [9.17, 15) is 0 Å². The second-order valence-electron chi connectivity index (χ2n) is 3.74. The van der Waals surface area contributed by atoms with Gasteiger partial charge in [0.1, 0.15) is 10.9 Å². The molecule has 1 aliphatic heterocycles. The average molecular weight is 269 g/mol. The molecule has 0 bridgehead atoms. The molecule has 0 unspecified atom stereocenters. The zero-order chi connectivity index (χ0) is 12.1. The van der Waals surface area contributed by atoms with Crippen molar-refractivity contribution in [3.05, 3.63) is 21.7 Å². The number of hydrogen-bond donors (Lipinski definition) is 2. The van der Waals surface area contributed by atoms with Gasteiger partial charge in [0.25, 0.3) is 0 Å². The highest BCUT2D eigenvalue weighted by molar-refractivity contribution is 7.16. The second kappa shape index (κ2) is 6.01. The molecule has 2 heterocycles. The van der Waals surface area contributed by atoms with Gasteiger partial charge in [0, 0.05) is 13.1 Å². The van der Waals surface area contributed by atoms with Crippen LogP contribution in [0.5, 0.6) is 0 Å². The lowest BCUT2D eigenvalue weighted by atomic mass is 10.1. The number of anilines is 1. The van der Waals surface area contributed by atoms with Crippen molar-refractivity contribution in [3.8, 4) is 6.07 Å².